The summed E-state index contributed by atoms with van der Waals surface area (Å²) >= 11 is 0. The molecule has 0 spiro atoms. The zero-order valence-electron chi connectivity index (χ0n) is 15.1. The topological polar surface area (TPSA) is 85.9 Å². The highest BCUT2D eigenvalue weighted by Crippen LogP contribution is 2.39. The summed E-state index contributed by atoms with van der Waals surface area (Å²) in [6.45, 7) is 5.55. The minimum atomic E-state index is -0.339. The molecule has 0 heterocycles. The van der Waals surface area contributed by atoms with Gasteiger partial charge in [0.15, 0.2) is 11.5 Å². The minimum absolute atomic E-state index is 0.0618. The molecule has 0 radical (unpaired) electrons. The first kappa shape index (κ1) is 19.6. The van der Waals surface area contributed by atoms with Crippen molar-refractivity contribution >= 4 is 11.8 Å². The molecular formula is C17H26N2O5. The minimum Gasteiger partial charge on any atom is -0.493 e. The molecule has 2 amide bonds. The third-order valence-electron chi connectivity index (χ3n) is 3.10. The van der Waals surface area contributed by atoms with Crippen LogP contribution in [0.3, 0.4) is 0 Å². The Labute approximate surface area is 142 Å². The molecule has 2 N–H and O–H groups in total. The molecule has 1 aromatic rings. The van der Waals surface area contributed by atoms with Crippen LogP contribution in [-0.2, 0) is 16.0 Å². The Morgan fingerprint density at radius 2 is 1.58 bits per heavy atom. The van der Waals surface area contributed by atoms with Gasteiger partial charge in [0.25, 0.3) is 0 Å². The van der Waals surface area contributed by atoms with Crippen LogP contribution in [-0.4, -0.2) is 45.2 Å². The molecule has 7 heteroatoms. The first-order chi connectivity index (χ1) is 11.2. The first-order valence-corrected chi connectivity index (χ1v) is 7.57. The van der Waals surface area contributed by atoms with Crippen LogP contribution in [0.15, 0.2) is 12.1 Å². The van der Waals surface area contributed by atoms with E-state index in [-0.39, 0.29) is 30.3 Å². The monoisotopic (exact) mass is 338 g/mol. The van der Waals surface area contributed by atoms with Crippen LogP contribution < -0.4 is 24.8 Å². The van der Waals surface area contributed by atoms with E-state index < -0.39 is 0 Å². The number of amides is 2. The standard InChI is InChI=1S/C17H26N2O5/c1-17(2,3)19-14(21)10-18-13(20)9-11-7-8-12(22-4)16(24-6)15(11)23-5/h7-8H,9-10H2,1-6H3,(H,18,20)(H,19,21). The van der Waals surface area contributed by atoms with Gasteiger partial charge in [-0.3, -0.25) is 9.59 Å². The summed E-state index contributed by atoms with van der Waals surface area (Å²) in [5, 5.41) is 5.37. The lowest BCUT2D eigenvalue weighted by Gasteiger charge is -2.20. The highest BCUT2D eigenvalue weighted by Gasteiger charge is 2.19. The van der Waals surface area contributed by atoms with E-state index in [0.29, 0.717) is 22.8 Å². The molecule has 1 aromatic carbocycles. The Hall–Kier alpha value is -2.44. The van der Waals surface area contributed by atoms with E-state index in [0.717, 1.165) is 0 Å². The molecule has 0 aliphatic rings. The summed E-state index contributed by atoms with van der Waals surface area (Å²) < 4.78 is 15.8. The number of hydrogen-bond donors (Lipinski definition) is 2. The van der Waals surface area contributed by atoms with Crippen molar-refractivity contribution in [1.29, 1.82) is 0 Å². The Morgan fingerprint density at radius 3 is 2.08 bits per heavy atom. The maximum absolute atomic E-state index is 12.1. The van der Waals surface area contributed by atoms with Gasteiger partial charge in [-0.1, -0.05) is 6.07 Å². The van der Waals surface area contributed by atoms with Crippen molar-refractivity contribution in [2.45, 2.75) is 32.7 Å². The van der Waals surface area contributed by atoms with Crippen molar-refractivity contribution in [3.8, 4) is 17.2 Å². The second-order valence-electron chi connectivity index (χ2n) is 6.25. The summed E-state index contributed by atoms with van der Waals surface area (Å²) in [6, 6.07) is 3.44. The van der Waals surface area contributed by atoms with Gasteiger partial charge in [0, 0.05) is 11.1 Å². The van der Waals surface area contributed by atoms with Gasteiger partial charge in [-0.2, -0.15) is 0 Å². The predicted octanol–water partition coefficient (Wildman–Crippen LogP) is 1.29. The van der Waals surface area contributed by atoms with E-state index in [1.807, 2.05) is 20.8 Å². The van der Waals surface area contributed by atoms with E-state index in [1.165, 1.54) is 21.3 Å². The molecule has 0 aliphatic carbocycles. The number of carbonyl (C=O) groups is 2. The molecule has 0 saturated heterocycles. The molecule has 0 aliphatic heterocycles. The summed E-state index contributed by atoms with van der Waals surface area (Å²) in [4.78, 5) is 23.8. The van der Waals surface area contributed by atoms with Crippen LogP contribution in [0.4, 0.5) is 0 Å². The van der Waals surface area contributed by atoms with Gasteiger partial charge in [0.1, 0.15) is 0 Å². The van der Waals surface area contributed by atoms with Crippen molar-refractivity contribution in [1.82, 2.24) is 10.6 Å². The van der Waals surface area contributed by atoms with Gasteiger partial charge in [-0.25, -0.2) is 0 Å². The molecule has 24 heavy (non-hydrogen) atoms. The highest BCUT2D eigenvalue weighted by atomic mass is 16.5. The Balaban J connectivity index is 2.75. The smallest absolute Gasteiger partial charge is 0.239 e. The van der Waals surface area contributed by atoms with Crippen LogP contribution in [0.2, 0.25) is 0 Å². The Bertz CT molecular complexity index is 593. The fraction of sp³-hybridized carbons (Fsp3) is 0.529. The van der Waals surface area contributed by atoms with Crippen molar-refractivity contribution in [2.24, 2.45) is 0 Å². The van der Waals surface area contributed by atoms with E-state index >= 15 is 0 Å². The number of benzene rings is 1. The number of nitrogens with one attached hydrogen (secondary N) is 2. The predicted molar refractivity (Wildman–Crippen MR) is 90.7 cm³/mol. The first-order valence-electron chi connectivity index (χ1n) is 7.57. The van der Waals surface area contributed by atoms with E-state index in [4.69, 9.17) is 14.2 Å². The third-order valence-corrected chi connectivity index (χ3v) is 3.10. The fourth-order valence-corrected chi connectivity index (χ4v) is 2.18. The van der Waals surface area contributed by atoms with Crippen LogP contribution in [0.5, 0.6) is 17.2 Å². The molecule has 7 nitrogen and oxygen atoms in total. The molecular weight excluding hydrogens is 312 g/mol. The second-order valence-corrected chi connectivity index (χ2v) is 6.25. The van der Waals surface area contributed by atoms with Gasteiger partial charge < -0.3 is 24.8 Å². The molecule has 0 bridgehead atoms. The van der Waals surface area contributed by atoms with Gasteiger partial charge >= 0.3 is 0 Å². The number of methoxy groups -OCH3 is 3. The van der Waals surface area contributed by atoms with Gasteiger partial charge in [-0.05, 0) is 26.8 Å². The van der Waals surface area contributed by atoms with Crippen LogP contribution >= 0.6 is 0 Å². The largest absolute Gasteiger partial charge is 0.493 e. The molecule has 0 saturated carbocycles. The van der Waals surface area contributed by atoms with Crippen molar-refractivity contribution < 1.29 is 23.8 Å². The van der Waals surface area contributed by atoms with Crippen molar-refractivity contribution in [3.63, 3.8) is 0 Å². The molecule has 134 valence electrons. The van der Waals surface area contributed by atoms with Crippen LogP contribution in [0.1, 0.15) is 26.3 Å². The lowest BCUT2D eigenvalue weighted by Crippen LogP contribution is -2.46. The van der Waals surface area contributed by atoms with Gasteiger partial charge in [0.05, 0.1) is 34.3 Å². The Kier molecular flexibility index (Phi) is 6.88. The molecule has 0 atom stereocenters. The van der Waals surface area contributed by atoms with E-state index in [9.17, 15) is 9.59 Å². The van der Waals surface area contributed by atoms with Crippen LogP contribution in [0.25, 0.3) is 0 Å². The number of carbonyl (C=O) groups excluding carboxylic acids is 2. The number of ether oxygens (including phenoxy) is 3. The lowest BCUT2D eigenvalue weighted by molar-refractivity contribution is -0.126. The number of hydrogen-bond acceptors (Lipinski definition) is 5. The van der Waals surface area contributed by atoms with E-state index in [1.54, 1.807) is 12.1 Å². The normalized spacial score (nSPS) is 10.8. The van der Waals surface area contributed by atoms with Gasteiger partial charge in [0.2, 0.25) is 17.6 Å². The van der Waals surface area contributed by atoms with Crippen molar-refractivity contribution in [2.75, 3.05) is 27.9 Å². The quantitative estimate of drug-likeness (QED) is 0.782. The zero-order chi connectivity index (χ0) is 18.3. The second kappa shape index (κ2) is 8.42. The molecule has 1 rings (SSSR count). The summed E-state index contributed by atoms with van der Waals surface area (Å²) in [5.74, 6) is 0.852. The summed E-state index contributed by atoms with van der Waals surface area (Å²) in [5.41, 5.74) is 0.304. The van der Waals surface area contributed by atoms with E-state index in [2.05, 4.69) is 10.6 Å². The fourth-order valence-electron chi connectivity index (χ4n) is 2.18. The average molecular weight is 338 g/mol. The zero-order valence-corrected chi connectivity index (χ0v) is 15.1. The lowest BCUT2D eigenvalue weighted by atomic mass is 10.1. The number of rotatable bonds is 7. The maximum Gasteiger partial charge on any atom is 0.239 e. The van der Waals surface area contributed by atoms with Gasteiger partial charge in [-0.15, -0.1) is 0 Å². The van der Waals surface area contributed by atoms with Crippen molar-refractivity contribution in [3.05, 3.63) is 17.7 Å². The molecule has 0 aromatic heterocycles. The highest BCUT2D eigenvalue weighted by molar-refractivity contribution is 5.86. The molecule has 0 unspecified atom stereocenters. The summed E-state index contributed by atoms with van der Waals surface area (Å²) in [6.07, 6.45) is 0.0618. The SMILES string of the molecule is COc1ccc(CC(=O)NCC(=O)NC(C)(C)C)c(OC)c1OC. The molecule has 0 fully saturated rings. The summed E-state index contributed by atoms with van der Waals surface area (Å²) in [7, 11) is 4.52. The maximum atomic E-state index is 12.1. The Morgan fingerprint density at radius 1 is 0.958 bits per heavy atom. The van der Waals surface area contributed by atoms with Crippen LogP contribution in [0, 0.1) is 0 Å². The third kappa shape index (κ3) is 5.64. The average Bonchev–Trinajstić information content (AvgIpc) is 2.50.